The van der Waals surface area contributed by atoms with Gasteiger partial charge in [-0.2, -0.15) is 4.98 Å². The van der Waals surface area contributed by atoms with E-state index in [0.717, 1.165) is 38.3 Å². The molecule has 1 unspecified atom stereocenters. The Kier molecular flexibility index (Phi) is 6.12. The second-order valence-corrected chi connectivity index (χ2v) is 6.33. The molecule has 1 atom stereocenters. The van der Waals surface area contributed by atoms with E-state index >= 15 is 0 Å². The molecule has 136 valence electrons. The van der Waals surface area contributed by atoms with Gasteiger partial charge in [-0.3, -0.25) is 9.80 Å². The summed E-state index contributed by atoms with van der Waals surface area (Å²) in [6.45, 7) is 9.64. The molecule has 2 aromatic rings. The maximum atomic E-state index is 13.3. The molecule has 1 fully saturated rings. The van der Waals surface area contributed by atoms with Crippen molar-refractivity contribution >= 4 is 0 Å². The van der Waals surface area contributed by atoms with Crippen molar-refractivity contribution in [2.24, 2.45) is 0 Å². The fraction of sp³-hybridized carbons (Fsp3) is 0.556. The molecule has 2 heterocycles. The standard InChI is InChI=1S/C18H25FN4O2/c1-3-24-14(2)18-20-17(25-21-18)13-23-9-7-22(8-10-23)12-15-5-4-6-16(19)11-15/h4-6,11,14H,3,7-10,12-13H2,1-2H3. The Bertz CT molecular complexity index is 671. The summed E-state index contributed by atoms with van der Waals surface area (Å²) in [5.74, 6) is 1.05. The lowest BCUT2D eigenvalue weighted by Gasteiger charge is -2.33. The van der Waals surface area contributed by atoms with E-state index in [-0.39, 0.29) is 11.9 Å². The van der Waals surface area contributed by atoms with Crippen LogP contribution in [-0.2, 0) is 17.8 Å². The zero-order chi connectivity index (χ0) is 17.6. The summed E-state index contributed by atoms with van der Waals surface area (Å²) in [5.41, 5.74) is 1.01. The molecular formula is C18H25FN4O2. The lowest BCUT2D eigenvalue weighted by Crippen LogP contribution is -2.45. The topological polar surface area (TPSA) is 54.6 Å². The molecule has 0 amide bonds. The minimum absolute atomic E-state index is 0.148. The molecule has 1 aliphatic heterocycles. The molecule has 0 radical (unpaired) electrons. The Morgan fingerprint density at radius 3 is 2.60 bits per heavy atom. The number of hydrogen-bond donors (Lipinski definition) is 0. The Morgan fingerprint density at radius 2 is 1.92 bits per heavy atom. The van der Waals surface area contributed by atoms with Crippen LogP contribution in [0.2, 0.25) is 0 Å². The molecule has 1 aromatic carbocycles. The van der Waals surface area contributed by atoms with Crippen LogP contribution in [0.1, 0.15) is 37.2 Å². The first-order chi connectivity index (χ1) is 12.1. The number of aromatic nitrogens is 2. The second-order valence-electron chi connectivity index (χ2n) is 6.33. The van der Waals surface area contributed by atoms with Gasteiger partial charge in [-0.25, -0.2) is 4.39 Å². The van der Waals surface area contributed by atoms with Crippen LogP contribution >= 0.6 is 0 Å². The summed E-state index contributed by atoms with van der Waals surface area (Å²) < 4.78 is 24.1. The first kappa shape index (κ1) is 18.0. The van der Waals surface area contributed by atoms with E-state index in [4.69, 9.17) is 9.26 Å². The highest BCUT2D eigenvalue weighted by molar-refractivity contribution is 5.16. The van der Waals surface area contributed by atoms with Crippen LogP contribution in [0.15, 0.2) is 28.8 Å². The Hall–Kier alpha value is -1.83. The molecule has 1 saturated heterocycles. The van der Waals surface area contributed by atoms with Crippen molar-refractivity contribution in [3.05, 3.63) is 47.4 Å². The smallest absolute Gasteiger partial charge is 0.240 e. The average Bonchev–Trinajstić information content (AvgIpc) is 3.06. The minimum atomic E-state index is -0.176. The van der Waals surface area contributed by atoms with Crippen molar-refractivity contribution in [2.45, 2.75) is 33.0 Å². The zero-order valence-corrected chi connectivity index (χ0v) is 14.8. The zero-order valence-electron chi connectivity index (χ0n) is 14.8. The van der Waals surface area contributed by atoms with Gasteiger partial charge < -0.3 is 9.26 Å². The van der Waals surface area contributed by atoms with E-state index in [9.17, 15) is 4.39 Å². The van der Waals surface area contributed by atoms with Crippen molar-refractivity contribution < 1.29 is 13.7 Å². The molecule has 1 aromatic heterocycles. The van der Waals surface area contributed by atoms with E-state index < -0.39 is 0 Å². The van der Waals surface area contributed by atoms with Crippen LogP contribution in [0.25, 0.3) is 0 Å². The Morgan fingerprint density at radius 1 is 1.20 bits per heavy atom. The van der Waals surface area contributed by atoms with Crippen LogP contribution in [0, 0.1) is 5.82 Å². The fourth-order valence-electron chi connectivity index (χ4n) is 3.01. The molecular weight excluding hydrogens is 323 g/mol. The van der Waals surface area contributed by atoms with E-state index in [1.54, 1.807) is 12.1 Å². The molecule has 0 saturated carbocycles. The van der Waals surface area contributed by atoms with E-state index in [1.807, 2.05) is 19.9 Å². The molecule has 1 aliphatic rings. The van der Waals surface area contributed by atoms with E-state index in [0.29, 0.717) is 24.9 Å². The first-order valence-corrected chi connectivity index (χ1v) is 8.77. The maximum absolute atomic E-state index is 13.3. The van der Waals surface area contributed by atoms with Crippen molar-refractivity contribution in [1.82, 2.24) is 19.9 Å². The average molecular weight is 348 g/mol. The normalized spacial score (nSPS) is 17.7. The number of rotatable bonds is 7. The fourth-order valence-corrected chi connectivity index (χ4v) is 3.01. The number of hydrogen-bond acceptors (Lipinski definition) is 6. The maximum Gasteiger partial charge on any atom is 0.240 e. The predicted molar refractivity (Wildman–Crippen MR) is 91.3 cm³/mol. The van der Waals surface area contributed by atoms with Gasteiger partial charge in [0.25, 0.3) is 0 Å². The molecule has 6 nitrogen and oxygen atoms in total. The lowest BCUT2D eigenvalue weighted by molar-refractivity contribution is 0.0683. The predicted octanol–water partition coefficient (Wildman–Crippen LogP) is 2.62. The monoisotopic (exact) mass is 348 g/mol. The van der Waals surface area contributed by atoms with Gasteiger partial charge >= 0.3 is 0 Å². The molecule has 0 bridgehead atoms. The van der Waals surface area contributed by atoms with Gasteiger partial charge in [0.1, 0.15) is 11.9 Å². The quantitative estimate of drug-likeness (QED) is 0.767. The van der Waals surface area contributed by atoms with Gasteiger partial charge in [0, 0.05) is 39.3 Å². The summed E-state index contributed by atoms with van der Waals surface area (Å²) in [7, 11) is 0. The van der Waals surface area contributed by atoms with Gasteiger partial charge in [0.2, 0.25) is 5.89 Å². The summed E-state index contributed by atoms with van der Waals surface area (Å²) in [5, 5.41) is 4.00. The SMILES string of the molecule is CCOC(C)c1noc(CN2CCN(Cc3cccc(F)c3)CC2)n1. The molecule has 0 N–H and O–H groups in total. The molecule has 25 heavy (non-hydrogen) atoms. The van der Waals surface area contributed by atoms with Gasteiger partial charge in [0.05, 0.1) is 6.54 Å². The molecule has 3 rings (SSSR count). The summed E-state index contributed by atoms with van der Waals surface area (Å²) in [6.07, 6.45) is -0.148. The minimum Gasteiger partial charge on any atom is -0.371 e. The largest absolute Gasteiger partial charge is 0.371 e. The summed E-state index contributed by atoms with van der Waals surface area (Å²) in [6, 6.07) is 6.81. The van der Waals surface area contributed by atoms with Gasteiger partial charge in [-0.05, 0) is 31.5 Å². The molecule has 7 heteroatoms. The van der Waals surface area contributed by atoms with Crippen molar-refractivity contribution in [1.29, 1.82) is 0 Å². The van der Waals surface area contributed by atoms with Gasteiger partial charge in [-0.15, -0.1) is 0 Å². The van der Waals surface area contributed by atoms with Gasteiger partial charge in [0.15, 0.2) is 5.82 Å². The number of nitrogens with zero attached hydrogens (tertiary/aromatic N) is 4. The highest BCUT2D eigenvalue weighted by Gasteiger charge is 2.20. The third-order valence-corrected chi connectivity index (χ3v) is 4.38. The van der Waals surface area contributed by atoms with Gasteiger partial charge in [-0.1, -0.05) is 17.3 Å². The summed E-state index contributed by atoms with van der Waals surface area (Å²) >= 11 is 0. The Balaban J connectivity index is 1.46. The van der Waals surface area contributed by atoms with E-state index in [2.05, 4.69) is 19.9 Å². The third kappa shape index (κ3) is 5.07. The molecule has 0 aliphatic carbocycles. The van der Waals surface area contributed by atoms with Crippen LogP contribution < -0.4 is 0 Å². The highest BCUT2D eigenvalue weighted by Crippen LogP contribution is 2.15. The third-order valence-electron chi connectivity index (χ3n) is 4.38. The van der Waals surface area contributed by atoms with Crippen LogP contribution in [0.4, 0.5) is 4.39 Å². The van der Waals surface area contributed by atoms with Crippen molar-refractivity contribution in [3.8, 4) is 0 Å². The first-order valence-electron chi connectivity index (χ1n) is 8.77. The van der Waals surface area contributed by atoms with Crippen LogP contribution in [0.3, 0.4) is 0 Å². The number of halogens is 1. The number of ether oxygens (including phenoxy) is 1. The van der Waals surface area contributed by atoms with Crippen molar-refractivity contribution in [2.75, 3.05) is 32.8 Å². The second kappa shape index (κ2) is 8.51. The Labute approximate surface area is 147 Å². The number of benzene rings is 1. The highest BCUT2D eigenvalue weighted by atomic mass is 19.1. The lowest BCUT2D eigenvalue weighted by atomic mass is 10.2. The van der Waals surface area contributed by atoms with Crippen LogP contribution in [-0.4, -0.2) is 52.7 Å². The number of piperazine rings is 1. The summed E-state index contributed by atoms with van der Waals surface area (Å²) in [4.78, 5) is 9.05. The van der Waals surface area contributed by atoms with Crippen LogP contribution in [0.5, 0.6) is 0 Å². The van der Waals surface area contributed by atoms with Crippen molar-refractivity contribution in [3.63, 3.8) is 0 Å². The van der Waals surface area contributed by atoms with E-state index in [1.165, 1.54) is 6.07 Å². The molecule has 0 spiro atoms.